The summed E-state index contributed by atoms with van der Waals surface area (Å²) in [7, 11) is 0. The van der Waals surface area contributed by atoms with E-state index < -0.39 is 0 Å². The van der Waals surface area contributed by atoms with Crippen molar-refractivity contribution in [3.05, 3.63) is 27.7 Å². The molecule has 0 aliphatic rings. The number of halogens is 2. The van der Waals surface area contributed by atoms with E-state index in [1.54, 1.807) is 23.9 Å². The molecule has 2 aromatic rings. The molecule has 0 fully saturated rings. The molecule has 0 spiro atoms. The zero-order valence-corrected chi connectivity index (χ0v) is 18.5. The molecule has 27 heavy (non-hydrogen) atoms. The van der Waals surface area contributed by atoms with Crippen LogP contribution in [0.4, 0.5) is 5.13 Å². The maximum Gasteiger partial charge on any atom is 0.257 e. The summed E-state index contributed by atoms with van der Waals surface area (Å²) in [5.74, 6) is 1.07. The van der Waals surface area contributed by atoms with Gasteiger partial charge in [0.1, 0.15) is 0 Å². The van der Waals surface area contributed by atoms with Gasteiger partial charge >= 0.3 is 0 Å². The average Bonchev–Trinajstić information content (AvgIpc) is 3.07. The van der Waals surface area contributed by atoms with Gasteiger partial charge in [0, 0.05) is 11.3 Å². The van der Waals surface area contributed by atoms with Crippen LogP contribution in [-0.2, 0) is 0 Å². The Labute approximate surface area is 178 Å². The van der Waals surface area contributed by atoms with Gasteiger partial charge in [-0.15, -0.1) is 10.2 Å². The summed E-state index contributed by atoms with van der Waals surface area (Å²) in [6, 6.07) is 3.10. The van der Waals surface area contributed by atoms with E-state index in [1.807, 2.05) is 0 Å². The molecule has 0 saturated carbocycles. The molecule has 0 aliphatic carbocycles. The van der Waals surface area contributed by atoms with Crippen LogP contribution in [0.25, 0.3) is 0 Å². The van der Waals surface area contributed by atoms with Crippen LogP contribution in [0.3, 0.4) is 0 Å². The molecule has 0 bridgehead atoms. The van der Waals surface area contributed by atoms with E-state index >= 15 is 0 Å². The second-order valence-corrected chi connectivity index (χ2v) is 8.99. The third-order valence-electron chi connectivity index (χ3n) is 3.61. The molecule has 1 aromatic carbocycles. The normalized spacial score (nSPS) is 10.8. The highest BCUT2D eigenvalue weighted by Crippen LogP contribution is 2.35. The lowest BCUT2D eigenvalue weighted by Crippen LogP contribution is -2.12. The van der Waals surface area contributed by atoms with E-state index in [0.717, 1.165) is 42.2 Å². The molecule has 2 rings (SSSR count). The van der Waals surface area contributed by atoms with Crippen molar-refractivity contribution >= 4 is 57.3 Å². The Morgan fingerprint density at radius 3 is 2.52 bits per heavy atom. The Kier molecular flexibility index (Phi) is 9.68. The Hall–Kier alpha value is -1.02. The van der Waals surface area contributed by atoms with Gasteiger partial charge in [0.2, 0.25) is 5.13 Å². The molecule has 0 saturated heterocycles. The number of nitrogens with zero attached hydrogens (tertiary/aromatic N) is 2. The summed E-state index contributed by atoms with van der Waals surface area (Å²) < 4.78 is 6.49. The molecular formula is C18H23Cl2N3O2S2. The average molecular weight is 448 g/mol. The van der Waals surface area contributed by atoms with Crippen molar-refractivity contribution in [1.29, 1.82) is 0 Å². The fraction of sp³-hybridized carbons (Fsp3) is 0.500. The molecule has 148 valence electrons. The number of nitrogens with one attached hydrogen (secondary N) is 1. The van der Waals surface area contributed by atoms with Crippen LogP contribution in [0.1, 0.15) is 56.3 Å². The Balaban J connectivity index is 1.98. The third-order valence-corrected chi connectivity index (χ3v) is 6.22. The SMILES string of the molecule is CCCCCOc1c(Cl)cc(C(=O)Nc2nnc(SCCCC)s2)cc1Cl. The van der Waals surface area contributed by atoms with Crippen LogP contribution in [0.2, 0.25) is 10.0 Å². The van der Waals surface area contributed by atoms with Gasteiger partial charge in [0.05, 0.1) is 16.7 Å². The van der Waals surface area contributed by atoms with Crippen LogP contribution in [0.15, 0.2) is 16.5 Å². The van der Waals surface area contributed by atoms with Crippen molar-refractivity contribution in [3.8, 4) is 5.75 Å². The first-order chi connectivity index (χ1) is 13.0. The topological polar surface area (TPSA) is 64.1 Å². The van der Waals surface area contributed by atoms with Gasteiger partial charge in [-0.2, -0.15) is 0 Å². The van der Waals surface area contributed by atoms with Crippen LogP contribution in [0.5, 0.6) is 5.75 Å². The minimum Gasteiger partial charge on any atom is -0.490 e. The summed E-state index contributed by atoms with van der Waals surface area (Å²) >= 11 is 15.5. The van der Waals surface area contributed by atoms with E-state index in [9.17, 15) is 4.79 Å². The third kappa shape index (κ3) is 7.14. The van der Waals surface area contributed by atoms with Crippen molar-refractivity contribution in [2.45, 2.75) is 50.3 Å². The summed E-state index contributed by atoms with van der Waals surface area (Å²) in [4.78, 5) is 12.5. The molecule has 9 heteroatoms. The zero-order valence-electron chi connectivity index (χ0n) is 15.4. The van der Waals surface area contributed by atoms with Crippen molar-refractivity contribution in [3.63, 3.8) is 0 Å². The zero-order chi connectivity index (χ0) is 19.6. The number of carbonyl (C=O) groups excluding carboxylic acids is 1. The van der Waals surface area contributed by atoms with E-state index in [1.165, 1.54) is 11.3 Å². The lowest BCUT2D eigenvalue weighted by molar-refractivity contribution is 0.102. The number of aromatic nitrogens is 2. The van der Waals surface area contributed by atoms with Crippen molar-refractivity contribution in [2.24, 2.45) is 0 Å². The van der Waals surface area contributed by atoms with Gasteiger partial charge in [-0.1, -0.05) is 79.4 Å². The number of hydrogen-bond acceptors (Lipinski definition) is 6. The largest absolute Gasteiger partial charge is 0.490 e. The highest BCUT2D eigenvalue weighted by Gasteiger charge is 2.16. The van der Waals surface area contributed by atoms with Gasteiger partial charge in [-0.05, 0) is 25.0 Å². The summed E-state index contributed by atoms with van der Waals surface area (Å²) in [6.07, 6.45) is 5.37. The second kappa shape index (κ2) is 11.7. The molecule has 1 aromatic heterocycles. The maximum absolute atomic E-state index is 12.5. The first kappa shape index (κ1) is 22.3. The number of rotatable bonds is 11. The number of anilines is 1. The van der Waals surface area contributed by atoms with E-state index in [0.29, 0.717) is 33.1 Å². The van der Waals surface area contributed by atoms with Gasteiger partial charge < -0.3 is 4.74 Å². The predicted molar refractivity (Wildman–Crippen MR) is 115 cm³/mol. The van der Waals surface area contributed by atoms with Crippen LogP contribution in [-0.4, -0.2) is 28.5 Å². The van der Waals surface area contributed by atoms with E-state index in [2.05, 4.69) is 29.4 Å². The molecular weight excluding hydrogens is 425 g/mol. The summed E-state index contributed by atoms with van der Waals surface area (Å²) in [6.45, 7) is 4.81. The van der Waals surface area contributed by atoms with Crippen LogP contribution < -0.4 is 10.1 Å². The highest BCUT2D eigenvalue weighted by atomic mass is 35.5. The number of ether oxygens (including phenoxy) is 1. The molecule has 0 atom stereocenters. The lowest BCUT2D eigenvalue weighted by atomic mass is 10.2. The Morgan fingerprint density at radius 2 is 1.85 bits per heavy atom. The minimum atomic E-state index is -0.336. The lowest BCUT2D eigenvalue weighted by Gasteiger charge is -2.11. The fourth-order valence-corrected chi connectivity index (χ4v) is 4.64. The molecule has 0 aliphatic heterocycles. The monoisotopic (exact) mass is 447 g/mol. The van der Waals surface area contributed by atoms with Crippen molar-refractivity contribution in [2.75, 3.05) is 17.7 Å². The number of unbranched alkanes of at least 4 members (excludes halogenated alkanes) is 3. The molecule has 1 N–H and O–H groups in total. The van der Waals surface area contributed by atoms with Crippen LogP contribution in [0, 0.1) is 0 Å². The second-order valence-electron chi connectivity index (χ2n) is 5.85. The minimum absolute atomic E-state index is 0.317. The van der Waals surface area contributed by atoms with Crippen molar-refractivity contribution < 1.29 is 9.53 Å². The van der Waals surface area contributed by atoms with E-state index in [4.69, 9.17) is 27.9 Å². The first-order valence-corrected chi connectivity index (χ1v) is 11.5. The number of benzene rings is 1. The molecule has 1 heterocycles. The maximum atomic E-state index is 12.5. The molecule has 1 amide bonds. The quantitative estimate of drug-likeness (QED) is 0.240. The highest BCUT2D eigenvalue weighted by molar-refractivity contribution is 8.01. The smallest absolute Gasteiger partial charge is 0.257 e. The number of carbonyl (C=O) groups is 1. The van der Waals surface area contributed by atoms with Crippen LogP contribution >= 0.6 is 46.3 Å². The standard InChI is InChI=1S/C18H23Cl2N3O2S2/c1-3-5-7-8-25-15-13(19)10-12(11-14(15)20)16(24)21-17-22-23-18(27-17)26-9-6-4-2/h10-11H,3-9H2,1-2H3,(H,21,22,24). The number of thioether (sulfide) groups is 1. The van der Waals surface area contributed by atoms with Gasteiger partial charge in [0.15, 0.2) is 10.1 Å². The molecule has 0 radical (unpaired) electrons. The predicted octanol–water partition coefficient (Wildman–Crippen LogP) is 6.56. The summed E-state index contributed by atoms with van der Waals surface area (Å²) in [5.41, 5.74) is 0.348. The first-order valence-electron chi connectivity index (χ1n) is 8.94. The fourth-order valence-electron chi connectivity index (χ4n) is 2.15. The molecule has 5 nitrogen and oxygen atoms in total. The summed E-state index contributed by atoms with van der Waals surface area (Å²) in [5, 5.41) is 11.9. The van der Waals surface area contributed by atoms with Gasteiger partial charge in [-0.3, -0.25) is 10.1 Å². The molecule has 0 unspecified atom stereocenters. The Bertz CT molecular complexity index is 733. The van der Waals surface area contributed by atoms with Crippen molar-refractivity contribution in [1.82, 2.24) is 10.2 Å². The Morgan fingerprint density at radius 1 is 1.15 bits per heavy atom. The van der Waals surface area contributed by atoms with Gasteiger partial charge in [0.25, 0.3) is 5.91 Å². The van der Waals surface area contributed by atoms with Gasteiger partial charge in [-0.25, -0.2) is 0 Å². The number of amides is 1. The van der Waals surface area contributed by atoms with E-state index in [-0.39, 0.29) is 5.91 Å². The number of hydrogen-bond donors (Lipinski definition) is 1.